The maximum atomic E-state index is 13.4. The summed E-state index contributed by atoms with van der Waals surface area (Å²) in [7, 11) is 0. The fourth-order valence-electron chi connectivity index (χ4n) is 1.07. The molecule has 3 nitrogen and oxygen atoms in total. The molecule has 0 aromatic carbocycles. The number of alkyl halides is 1. The average molecular weight is 201 g/mol. The van der Waals surface area contributed by atoms with Gasteiger partial charge >= 0.3 is 0 Å². The summed E-state index contributed by atoms with van der Waals surface area (Å²) in [6.45, 7) is 4.26. The van der Waals surface area contributed by atoms with Crippen molar-refractivity contribution in [2.24, 2.45) is 0 Å². The Labute approximate surface area is 81.6 Å². The van der Waals surface area contributed by atoms with Crippen LogP contribution in [0.5, 0.6) is 0 Å². The van der Waals surface area contributed by atoms with Crippen molar-refractivity contribution in [3.63, 3.8) is 0 Å². The van der Waals surface area contributed by atoms with E-state index >= 15 is 0 Å². The molecule has 1 rings (SSSR count). The van der Waals surface area contributed by atoms with Crippen LogP contribution < -0.4 is 5.32 Å². The molecule has 5 heteroatoms. The molecular formula is C9H13F2N3. The molecule has 1 aromatic rings. The van der Waals surface area contributed by atoms with Crippen molar-refractivity contribution in [1.82, 2.24) is 9.97 Å². The third-order valence-electron chi connectivity index (χ3n) is 1.74. The van der Waals surface area contributed by atoms with Crippen molar-refractivity contribution in [2.45, 2.75) is 26.8 Å². The fourth-order valence-corrected chi connectivity index (χ4v) is 1.07. The maximum absolute atomic E-state index is 13.4. The minimum atomic E-state index is -0.568. The lowest BCUT2D eigenvalue weighted by atomic mass is 10.3. The fraction of sp³-hybridized carbons (Fsp3) is 0.556. The highest BCUT2D eigenvalue weighted by Gasteiger charge is 2.11. The van der Waals surface area contributed by atoms with Crippen LogP contribution in [0.2, 0.25) is 0 Å². The number of nitrogens with zero attached hydrogens (tertiary/aromatic N) is 2. The minimum Gasteiger partial charge on any atom is -0.362 e. The maximum Gasteiger partial charge on any atom is 0.186 e. The molecule has 0 aliphatic carbocycles. The Bertz CT molecular complexity index is 328. The Balaban J connectivity index is 2.96. The lowest BCUT2D eigenvalue weighted by Gasteiger charge is -2.12. The Kier molecular flexibility index (Phi) is 3.33. The quantitative estimate of drug-likeness (QED) is 0.812. The van der Waals surface area contributed by atoms with Gasteiger partial charge in [-0.2, -0.15) is 0 Å². The molecule has 0 amide bonds. The molecule has 1 unspecified atom stereocenters. The van der Waals surface area contributed by atoms with Gasteiger partial charge in [-0.3, -0.25) is 0 Å². The molecule has 1 N–H and O–H groups in total. The Morgan fingerprint density at radius 2 is 2.00 bits per heavy atom. The predicted octanol–water partition coefficient (Wildman–Crippen LogP) is 2.00. The molecule has 0 aliphatic heterocycles. The largest absolute Gasteiger partial charge is 0.362 e. The van der Waals surface area contributed by atoms with Crippen LogP contribution in [0.3, 0.4) is 0 Å². The smallest absolute Gasteiger partial charge is 0.186 e. The van der Waals surface area contributed by atoms with Crippen LogP contribution in [0.15, 0.2) is 0 Å². The highest BCUT2D eigenvalue weighted by molar-refractivity contribution is 5.38. The summed E-state index contributed by atoms with van der Waals surface area (Å²) in [6.07, 6.45) is 0. The zero-order valence-corrected chi connectivity index (χ0v) is 8.43. The first-order valence-corrected chi connectivity index (χ1v) is 4.37. The van der Waals surface area contributed by atoms with Gasteiger partial charge in [-0.15, -0.1) is 0 Å². The standard InChI is InChI=1S/C9H13F2N3/c1-5(4-10)12-9-8(11)6(2)13-7(3)14-9/h5H,4H2,1-3H3,(H,12,13,14). The van der Waals surface area contributed by atoms with Crippen molar-refractivity contribution in [1.29, 1.82) is 0 Å². The van der Waals surface area contributed by atoms with Gasteiger partial charge in [-0.25, -0.2) is 18.7 Å². The van der Waals surface area contributed by atoms with E-state index in [1.165, 1.54) is 0 Å². The van der Waals surface area contributed by atoms with E-state index in [0.717, 1.165) is 0 Å². The van der Waals surface area contributed by atoms with Crippen LogP contribution in [-0.2, 0) is 0 Å². The Hall–Kier alpha value is -1.26. The highest BCUT2D eigenvalue weighted by atomic mass is 19.1. The minimum absolute atomic E-state index is 0.0696. The predicted molar refractivity (Wildman–Crippen MR) is 50.5 cm³/mol. The zero-order chi connectivity index (χ0) is 10.7. The Morgan fingerprint density at radius 1 is 1.36 bits per heavy atom. The molecule has 1 atom stereocenters. The van der Waals surface area contributed by atoms with Gasteiger partial charge in [0.05, 0.1) is 11.7 Å². The molecular weight excluding hydrogens is 188 g/mol. The molecule has 1 aromatic heterocycles. The van der Waals surface area contributed by atoms with Gasteiger partial charge in [0.2, 0.25) is 0 Å². The molecule has 1 heterocycles. The number of rotatable bonds is 3. The monoisotopic (exact) mass is 201 g/mol. The van der Waals surface area contributed by atoms with E-state index in [2.05, 4.69) is 15.3 Å². The number of anilines is 1. The summed E-state index contributed by atoms with van der Waals surface area (Å²) in [6, 6.07) is -0.446. The number of aromatic nitrogens is 2. The van der Waals surface area contributed by atoms with Gasteiger partial charge in [0, 0.05) is 0 Å². The van der Waals surface area contributed by atoms with E-state index in [-0.39, 0.29) is 11.5 Å². The summed E-state index contributed by atoms with van der Waals surface area (Å²) < 4.78 is 25.5. The van der Waals surface area contributed by atoms with Crippen LogP contribution in [0.1, 0.15) is 18.4 Å². The molecule has 0 radical (unpaired) electrons. The SMILES string of the molecule is Cc1nc(C)c(F)c(NC(C)CF)n1. The van der Waals surface area contributed by atoms with Crippen molar-refractivity contribution in [3.8, 4) is 0 Å². The molecule has 0 aliphatic rings. The van der Waals surface area contributed by atoms with Crippen LogP contribution in [0.4, 0.5) is 14.6 Å². The van der Waals surface area contributed by atoms with Crippen LogP contribution >= 0.6 is 0 Å². The molecule has 78 valence electrons. The van der Waals surface area contributed by atoms with Gasteiger partial charge in [0.15, 0.2) is 11.6 Å². The van der Waals surface area contributed by atoms with Crippen LogP contribution in [-0.4, -0.2) is 22.7 Å². The molecule has 0 spiro atoms. The lowest BCUT2D eigenvalue weighted by molar-refractivity contribution is 0.457. The first-order chi connectivity index (χ1) is 6.54. The van der Waals surface area contributed by atoms with Crippen LogP contribution in [0, 0.1) is 19.7 Å². The first kappa shape index (κ1) is 10.8. The van der Waals surface area contributed by atoms with E-state index in [9.17, 15) is 8.78 Å². The second-order valence-corrected chi connectivity index (χ2v) is 3.22. The summed E-state index contributed by atoms with van der Waals surface area (Å²) in [5.74, 6) is 0.0218. The van der Waals surface area contributed by atoms with E-state index in [1.807, 2.05) is 0 Å². The third kappa shape index (κ3) is 2.37. The van der Waals surface area contributed by atoms with E-state index in [4.69, 9.17) is 0 Å². The van der Waals surface area contributed by atoms with E-state index in [1.54, 1.807) is 20.8 Å². The van der Waals surface area contributed by atoms with Crippen molar-refractivity contribution >= 4 is 5.82 Å². The van der Waals surface area contributed by atoms with Gasteiger partial charge < -0.3 is 5.32 Å². The molecule has 0 fully saturated rings. The molecule has 0 saturated carbocycles. The van der Waals surface area contributed by atoms with Crippen molar-refractivity contribution < 1.29 is 8.78 Å². The summed E-state index contributed by atoms with van der Waals surface area (Å²) in [5.41, 5.74) is 0.269. The van der Waals surface area contributed by atoms with Gasteiger partial charge in [-0.1, -0.05) is 0 Å². The first-order valence-electron chi connectivity index (χ1n) is 4.37. The zero-order valence-electron chi connectivity index (χ0n) is 8.43. The number of halogens is 2. The third-order valence-corrected chi connectivity index (χ3v) is 1.74. The van der Waals surface area contributed by atoms with E-state index < -0.39 is 18.5 Å². The summed E-state index contributed by atoms with van der Waals surface area (Å²) >= 11 is 0. The topological polar surface area (TPSA) is 37.8 Å². The van der Waals surface area contributed by atoms with Crippen molar-refractivity contribution in [2.75, 3.05) is 12.0 Å². The molecule has 0 bridgehead atoms. The second-order valence-electron chi connectivity index (χ2n) is 3.22. The average Bonchev–Trinajstić information content (AvgIpc) is 2.13. The Morgan fingerprint density at radius 3 is 2.57 bits per heavy atom. The number of hydrogen-bond donors (Lipinski definition) is 1. The normalized spacial score (nSPS) is 12.6. The summed E-state index contributed by atoms with van der Waals surface area (Å²) in [5, 5.41) is 2.64. The number of hydrogen-bond acceptors (Lipinski definition) is 3. The molecule has 14 heavy (non-hydrogen) atoms. The van der Waals surface area contributed by atoms with Gasteiger partial charge in [0.1, 0.15) is 12.5 Å². The number of nitrogens with one attached hydrogen (secondary N) is 1. The molecule has 0 saturated heterocycles. The highest BCUT2D eigenvalue weighted by Crippen LogP contribution is 2.14. The number of aryl methyl sites for hydroxylation is 2. The van der Waals surface area contributed by atoms with Gasteiger partial charge in [0.25, 0.3) is 0 Å². The summed E-state index contributed by atoms with van der Waals surface area (Å²) in [4.78, 5) is 7.70. The van der Waals surface area contributed by atoms with E-state index in [0.29, 0.717) is 5.82 Å². The second kappa shape index (κ2) is 4.30. The van der Waals surface area contributed by atoms with Gasteiger partial charge in [-0.05, 0) is 20.8 Å². The van der Waals surface area contributed by atoms with Crippen LogP contribution in [0.25, 0.3) is 0 Å². The lowest BCUT2D eigenvalue weighted by Crippen LogP contribution is -2.20. The van der Waals surface area contributed by atoms with Crippen molar-refractivity contribution in [3.05, 3.63) is 17.3 Å².